The molecule has 0 spiro atoms. The predicted molar refractivity (Wildman–Crippen MR) is 73.2 cm³/mol. The maximum Gasteiger partial charge on any atom is 0.352 e. The predicted octanol–water partition coefficient (Wildman–Crippen LogP) is -0.730. The molecule has 10 nitrogen and oxygen atoms in total. The van der Waals surface area contributed by atoms with E-state index in [1.165, 1.54) is 0 Å². The first-order valence-corrected chi connectivity index (χ1v) is 6.97. The molecule has 0 aromatic carbocycles. The molecule has 2 unspecified atom stereocenters. The highest BCUT2D eigenvalue weighted by atomic mass is 16.7. The SMILES string of the molecule is CC(=O)OCC1OC(=O)[C@H](OC(C)=O)C(OC(C)=O)[C@@H]1OC(C)=O. The molecule has 0 aromatic heterocycles. The van der Waals surface area contributed by atoms with E-state index in [1.54, 1.807) is 0 Å². The summed E-state index contributed by atoms with van der Waals surface area (Å²) in [4.78, 5) is 56.8. The molecule has 0 saturated carbocycles. The summed E-state index contributed by atoms with van der Waals surface area (Å²) in [6, 6.07) is 0. The molecule has 0 amide bonds. The second-order valence-corrected chi connectivity index (χ2v) is 4.96. The Morgan fingerprint density at radius 3 is 1.79 bits per heavy atom. The number of carbonyl (C=O) groups excluding carboxylic acids is 5. The van der Waals surface area contributed by atoms with Crippen LogP contribution in [0.2, 0.25) is 0 Å². The molecule has 1 heterocycles. The van der Waals surface area contributed by atoms with Crippen LogP contribution in [0.3, 0.4) is 0 Å². The first kappa shape index (κ1) is 19.4. The van der Waals surface area contributed by atoms with E-state index in [-0.39, 0.29) is 0 Å². The van der Waals surface area contributed by atoms with E-state index in [2.05, 4.69) is 0 Å². The minimum atomic E-state index is -1.61. The van der Waals surface area contributed by atoms with E-state index in [9.17, 15) is 24.0 Å². The lowest BCUT2D eigenvalue weighted by atomic mass is 9.99. The van der Waals surface area contributed by atoms with E-state index in [4.69, 9.17) is 23.7 Å². The molecule has 0 bridgehead atoms. The van der Waals surface area contributed by atoms with Gasteiger partial charge in [-0.3, -0.25) is 19.2 Å². The van der Waals surface area contributed by atoms with Gasteiger partial charge in [0.2, 0.25) is 6.10 Å². The Balaban J connectivity index is 3.13. The van der Waals surface area contributed by atoms with E-state index in [0.717, 1.165) is 27.7 Å². The second kappa shape index (κ2) is 8.27. The van der Waals surface area contributed by atoms with Crippen molar-refractivity contribution in [2.75, 3.05) is 6.61 Å². The summed E-state index contributed by atoms with van der Waals surface area (Å²) in [5.74, 6) is -4.05. The zero-order valence-corrected chi connectivity index (χ0v) is 13.6. The van der Waals surface area contributed by atoms with Gasteiger partial charge in [0.25, 0.3) is 0 Å². The van der Waals surface area contributed by atoms with Crippen LogP contribution in [0.1, 0.15) is 27.7 Å². The van der Waals surface area contributed by atoms with Crippen LogP contribution in [0.25, 0.3) is 0 Å². The van der Waals surface area contributed by atoms with Crippen molar-refractivity contribution >= 4 is 29.8 Å². The van der Waals surface area contributed by atoms with E-state index >= 15 is 0 Å². The summed E-state index contributed by atoms with van der Waals surface area (Å²) in [6.07, 6.45) is -5.57. The Morgan fingerprint density at radius 1 is 0.833 bits per heavy atom. The van der Waals surface area contributed by atoms with Crippen molar-refractivity contribution in [2.24, 2.45) is 0 Å². The summed E-state index contributed by atoms with van der Waals surface area (Å²) in [5, 5.41) is 0. The molecule has 1 fully saturated rings. The maximum absolute atomic E-state index is 12.0. The fourth-order valence-corrected chi connectivity index (χ4v) is 2.08. The lowest BCUT2D eigenvalue weighted by molar-refractivity contribution is -0.229. The average Bonchev–Trinajstić information content (AvgIpc) is 2.42. The molecular formula is C14H18O10. The number of carbonyl (C=O) groups is 5. The molecule has 134 valence electrons. The number of rotatable bonds is 5. The van der Waals surface area contributed by atoms with Gasteiger partial charge < -0.3 is 23.7 Å². The van der Waals surface area contributed by atoms with Crippen LogP contribution < -0.4 is 0 Å². The molecule has 1 rings (SSSR count). The van der Waals surface area contributed by atoms with Gasteiger partial charge >= 0.3 is 29.8 Å². The zero-order chi connectivity index (χ0) is 18.4. The number of hydrogen-bond acceptors (Lipinski definition) is 10. The van der Waals surface area contributed by atoms with Gasteiger partial charge in [-0.15, -0.1) is 0 Å². The summed E-state index contributed by atoms with van der Waals surface area (Å²) in [7, 11) is 0. The first-order valence-electron chi connectivity index (χ1n) is 6.97. The quantitative estimate of drug-likeness (QED) is 0.463. The number of ether oxygens (including phenoxy) is 5. The van der Waals surface area contributed by atoms with Crippen LogP contribution in [-0.4, -0.2) is 60.9 Å². The molecule has 0 aliphatic carbocycles. The molecule has 0 aromatic rings. The molecule has 24 heavy (non-hydrogen) atoms. The van der Waals surface area contributed by atoms with Crippen molar-refractivity contribution in [2.45, 2.75) is 52.1 Å². The van der Waals surface area contributed by atoms with Crippen LogP contribution in [-0.2, 0) is 47.7 Å². The van der Waals surface area contributed by atoms with Crippen molar-refractivity contribution in [3.05, 3.63) is 0 Å². The van der Waals surface area contributed by atoms with Gasteiger partial charge in [0.15, 0.2) is 18.3 Å². The third-order valence-corrected chi connectivity index (χ3v) is 2.84. The molecule has 10 heteroatoms. The Kier molecular flexibility index (Phi) is 6.69. The smallest absolute Gasteiger partial charge is 0.352 e. The summed E-state index contributed by atoms with van der Waals surface area (Å²) >= 11 is 0. The van der Waals surface area contributed by atoms with Crippen LogP contribution >= 0.6 is 0 Å². The van der Waals surface area contributed by atoms with Crippen LogP contribution in [0.5, 0.6) is 0 Å². The van der Waals surface area contributed by atoms with Gasteiger partial charge in [0.05, 0.1) is 0 Å². The molecule has 1 aliphatic heterocycles. The standard InChI is InChI=1S/C14H18O10/c1-6(15)20-5-10-11(21-7(2)16)12(22-8(3)17)13(14(19)24-10)23-9(4)18/h10-13H,5H2,1-4H3/t10?,11-,12?,13-/m1/s1. The lowest BCUT2D eigenvalue weighted by Crippen LogP contribution is -2.60. The Bertz CT molecular complexity index is 540. The average molecular weight is 346 g/mol. The van der Waals surface area contributed by atoms with Crippen molar-refractivity contribution in [3.8, 4) is 0 Å². The van der Waals surface area contributed by atoms with Crippen molar-refractivity contribution in [3.63, 3.8) is 0 Å². The monoisotopic (exact) mass is 346 g/mol. The van der Waals surface area contributed by atoms with Gasteiger partial charge in [-0.05, 0) is 0 Å². The molecule has 1 aliphatic rings. The summed E-state index contributed by atoms with van der Waals surface area (Å²) in [6.45, 7) is 3.91. The van der Waals surface area contributed by atoms with Gasteiger partial charge in [0, 0.05) is 27.7 Å². The number of cyclic esters (lactones) is 1. The number of hydrogen-bond donors (Lipinski definition) is 0. The van der Waals surface area contributed by atoms with Gasteiger partial charge in [-0.2, -0.15) is 0 Å². The van der Waals surface area contributed by atoms with Crippen molar-refractivity contribution in [1.29, 1.82) is 0 Å². The number of esters is 5. The second-order valence-electron chi connectivity index (χ2n) is 4.96. The fourth-order valence-electron chi connectivity index (χ4n) is 2.08. The molecule has 0 N–H and O–H groups in total. The topological polar surface area (TPSA) is 132 Å². The summed E-state index contributed by atoms with van der Waals surface area (Å²) < 4.78 is 24.6. The Hall–Kier alpha value is -2.65. The van der Waals surface area contributed by atoms with Gasteiger partial charge in [-0.1, -0.05) is 0 Å². The molecule has 1 saturated heterocycles. The third-order valence-electron chi connectivity index (χ3n) is 2.84. The van der Waals surface area contributed by atoms with Crippen LogP contribution in [0, 0.1) is 0 Å². The fraction of sp³-hybridized carbons (Fsp3) is 0.643. The zero-order valence-electron chi connectivity index (χ0n) is 13.6. The highest BCUT2D eigenvalue weighted by Crippen LogP contribution is 2.25. The van der Waals surface area contributed by atoms with Gasteiger partial charge in [-0.25, -0.2) is 4.79 Å². The van der Waals surface area contributed by atoms with Crippen LogP contribution in [0.15, 0.2) is 0 Å². The van der Waals surface area contributed by atoms with E-state index in [1.807, 2.05) is 0 Å². The molecule has 0 radical (unpaired) electrons. The third kappa shape index (κ3) is 5.52. The maximum atomic E-state index is 12.0. The van der Waals surface area contributed by atoms with E-state index in [0.29, 0.717) is 0 Å². The van der Waals surface area contributed by atoms with Crippen molar-refractivity contribution < 1.29 is 47.7 Å². The lowest BCUT2D eigenvalue weighted by Gasteiger charge is -2.39. The highest BCUT2D eigenvalue weighted by Gasteiger charge is 2.52. The minimum absolute atomic E-state index is 0.427. The Labute approximate surface area is 137 Å². The van der Waals surface area contributed by atoms with E-state index < -0.39 is 60.9 Å². The molecule has 4 atom stereocenters. The highest BCUT2D eigenvalue weighted by molar-refractivity contribution is 5.81. The normalized spacial score (nSPS) is 25.9. The summed E-state index contributed by atoms with van der Waals surface area (Å²) in [5.41, 5.74) is 0. The van der Waals surface area contributed by atoms with Crippen LogP contribution in [0.4, 0.5) is 0 Å². The molecular weight excluding hydrogens is 328 g/mol. The Morgan fingerprint density at radius 2 is 1.33 bits per heavy atom. The largest absolute Gasteiger partial charge is 0.462 e. The van der Waals surface area contributed by atoms with Crippen molar-refractivity contribution in [1.82, 2.24) is 0 Å². The van der Waals surface area contributed by atoms with Gasteiger partial charge in [0.1, 0.15) is 6.61 Å². The minimum Gasteiger partial charge on any atom is -0.462 e. The first-order chi connectivity index (χ1) is 11.1.